The number of hydrogen-bond donors (Lipinski definition) is 0. The topological polar surface area (TPSA) is 122 Å². The largest absolute Gasteiger partial charge is 0.463 e. The van der Waals surface area contributed by atoms with E-state index in [-0.39, 0.29) is 30.2 Å². The molecule has 10 nitrogen and oxygen atoms in total. The Morgan fingerprint density at radius 2 is 2.09 bits per heavy atom. The molecule has 35 heavy (non-hydrogen) atoms. The van der Waals surface area contributed by atoms with Gasteiger partial charge in [-0.05, 0) is 43.2 Å². The van der Waals surface area contributed by atoms with E-state index in [0.29, 0.717) is 32.1 Å². The minimum Gasteiger partial charge on any atom is -0.463 e. The van der Waals surface area contributed by atoms with E-state index < -0.39 is 16.9 Å². The van der Waals surface area contributed by atoms with Crippen LogP contribution in [0, 0.1) is 10.1 Å². The number of ether oxygens (including phenoxy) is 3. The smallest absolute Gasteiger partial charge is 0.338 e. The van der Waals surface area contributed by atoms with Crippen LogP contribution in [-0.2, 0) is 9.53 Å². The van der Waals surface area contributed by atoms with Crippen molar-refractivity contribution >= 4 is 29.1 Å². The normalized spacial score (nSPS) is 16.6. The second-order valence-corrected chi connectivity index (χ2v) is 8.78. The van der Waals surface area contributed by atoms with E-state index >= 15 is 0 Å². The number of fused-ring (bicyclic) bond motifs is 2. The molecule has 0 spiro atoms. The molecule has 0 N–H and O–H groups in total. The number of nitro benzene ring substituents is 1. The maximum atomic E-state index is 13.6. The third-order valence-corrected chi connectivity index (χ3v) is 6.59. The molecule has 2 aromatic carbocycles. The van der Waals surface area contributed by atoms with Crippen LogP contribution in [0.15, 0.2) is 63.5 Å². The third kappa shape index (κ3) is 3.99. The molecule has 0 bridgehead atoms. The fourth-order valence-corrected chi connectivity index (χ4v) is 5.12. The molecule has 0 saturated carbocycles. The molecule has 1 aromatic heterocycles. The summed E-state index contributed by atoms with van der Waals surface area (Å²) in [7, 11) is 0. The molecule has 11 heteroatoms. The summed E-state index contributed by atoms with van der Waals surface area (Å²) in [5, 5.41) is 11.4. The maximum Gasteiger partial charge on any atom is 0.338 e. The van der Waals surface area contributed by atoms with E-state index in [1.54, 1.807) is 44.2 Å². The van der Waals surface area contributed by atoms with Gasteiger partial charge in [-0.25, -0.2) is 9.79 Å². The van der Waals surface area contributed by atoms with Crippen molar-refractivity contribution in [1.29, 1.82) is 0 Å². The highest BCUT2D eigenvalue weighted by molar-refractivity contribution is 7.07. The molecule has 178 valence electrons. The van der Waals surface area contributed by atoms with E-state index in [0.717, 1.165) is 5.56 Å². The highest BCUT2D eigenvalue weighted by Crippen LogP contribution is 2.33. The minimum absolute atomic E-state index is 0.131. The van der Waals surface area contributed by atoms with Crippen LogP contribution in [0.4, 0.5) is 5.69 Å². The molecule has 0 fully saturated rings. The second-order valence-electron chi connectivity index (χ2n) is 7.77. The van der Waals surface area contributed by atoms with Gasteiger partial charge in [0.25, 0.3) is 11.2 Å². The van der Waals surface area contributed by atoms with Crippen LogP contribution in [0.3, 0.4) is 0 Å². The molecule has 3 heterocycles. The molecule has 2 aliphatic heterocycles. The Balaban J connectivity index is 1.71. The van der Waals surface area contributed by atoms with E-state index in [2.05, 4.69) is 4.99 Å². The first-order valence-corrected chi connectivity index (χ1v) is 11.5. The second kappa shape index (κ2) is 8.84. The zero-order valence-corrected chi connectivity index (χ0v) is 19.5. The monoisotopic (exact) mass is 493 g/mol. The lowest BCUT2D eigenvalue weighted by Gasteiger charge is -2.24. The van der Waals surface area contributed by atoms with Crippen LogP contribution in [0.2, 0.25) is 0 Å². The number of carbonyl (C=O) groups excluding carboxylic acids is 1. The number of thiazole rings is 1. The van der Waals surface area contributed by atoms with Gasteiger partial charge in [0.15, 0.2) is 16.3 Å². The van der Waals surface area contributed by atoms with E-state index in [1.807, 2.05) is 0 Å². The highest BCUT2D eigenvalue weighted by atomic mass is 32.1. The van der Waals surface area contributed by atoms with Crippen molar-refractivity contribution in [2.24, 2.45) is 4.99 Å². The van der Waals surface area contributed by atoms with Gasteiger partial charge >= 0.3 is 5.97 Å². The minimum atomic E-state index is -0.927. The Hall–Kier alpha value is -4.25. The van der Waals surface area contributed by atoms with E-state index in [1.165, 1.54) is 34.1 Å². The van der Waals surface area contributed by atoms with Crippen LogP contribution < -0.4 is 24.4 Å². The average molecular weight is 493 g/mol. The summed E-state index contributed by atoms with van der Waals surface area (Å²) in [5.74, 6) is 0.584. The highest BCUT2D eigenvalue weighted by Gasteiger charge is 2.34. The molecule has 2 aliphatic rings. The van der Waals surface area contributed by atoms with Gasteiger partial charge in [0, 0.05) is 12.1 Å². The SMILES string of the molecule is CCOC(=O)C1=C(C)N=c2s/c(=C/c3ccc4c(c3)OCO4)c(=O)n2C1c1cccc([N+](=O)[O-])c1. The maximum absolute atomic E-state index is 13.6. The number of rotatable bonds is 5. The standard InChI is InChI=1S/C24H19N3O7S/c1-3-32-23(29)20-13(2)25-24-26(21(20)15-5-4-6-16(11-15)27(30)31)22(28)19(35-24)10-14-7-8-17-18(9-14)34-12-33-17/h4-11,21H,3,12H2,1-2H3/b19-10+. The number of non-ortho nitro benzene ring substituents is 1. The number of hydrogen-bond acceptors (Lipinski definition) is 9. The lowest BCUT2D eigenvalue weighted by Crippen LogP contribution is -2.39. The van der Waals surface area contributed by atoms with Crippen molar-refractivity contribution < 1.29 is 23.9 Å². The molecule has 0 saturated heterocycles. The molecule has 1 atom stereocenters. The third-order valence-electron chi connectivity index (χ3n) is 5.61. The number of aromatic nitrogens is 1. The molecule has 5 rings (SSSR count). The van der Waals surface area contributed by atoms with Gasteiger partial charge in [-0.1, -0.05) is 29.5 Å². The summed E-state index contributed by atoms with van der Waals surface area (Å²) in [6.45, 7) is 3.61. The van der Waals surface area contributed by atoms with Gasteiger partial charge in [0.1, 0.15) is 0 Å². The zero-order chi connectivity index (χ0) is 24.7. The molecule has 0 amide bonds. The lowest BCUT2D eigenvalue weighted by atomic mass is 9.95. The fourth-order valence-electron chi connectivity index (χ4n) is 4.07. The molecule has 0 aliphatic carbocycles. The number of esters is 1. The Morgan fingerprint density at radius 3 is 2.86 bits per heavy atom. The van der Waals surface area contributed by atoms with Gasteiger partial charge in [0.05, 0.1) is 33.4 Å². The quantitative estimate of drug-likeness (QED) is 0.304. The first-order chi connectivity index (χ1) is 16.9. The summed E-state index contributed by atoms with van der Waals surface area (Å²) < 4.78 is 17.8. The first kappa shape index (κ1) is 22.5. The summed E-state index contributed by atoms with van der Waals surface area (Å²) in [6.07, 6.45) is 1.71. The Bertz CT molecular complexity index is 1590. The number of benzene rings is 2. The number of nitro groups is 1. The van der Waals surface area contributed by atoms with Gasteiger partial charge in [-0.2, -0.15) is 0 Å². The summed E-state index contributed by atoms with van der Waals surface area (Å²) >= 11 is 1.17. The van der Waals surface area contributed by atoms with Crippen molar-refractivity contribution in [1.82, 2.24) is 4.57 Å². The Labute approximate surface area is 202 Å². The predicted molar refractivity (Wildman–Crippen MR) is 126 cm³/mol. The van der Waals surface area contributed by atoms with Crippen molar-refractivity contribution in [3.8, 4) is 11.5 Å². The van der Waals surface area contributed by atoms with E-state index in [4.69, 9.17) is 14.2 Å². The number of allylic oxidation sites excluding steroid dienone is 1. The summed E-state index contributed by atoms with van der Waals surface area (Å²) in [6, 6.07) is 10.3. The van der Waals surface area contributed by atoms with Crippen LogP contribution in [-0.4, -0.2) is 28.9 Å². The lowest BCUT2D eigenvalue weighted by molar-refractivity contribution is -0.384. The Kier molecular flexibility index (Phi) is 5.69. The van der Waals surface area contributed by atoms with Crippen molar-refractivity contribution in [3.63, 3.8) is 0 Å². The predicted octanol–water partition coefficient (Wildman–Crippen LogP) is 2.44. The number of nitrogens with zero attached hydrogens (tertiary/aromatic N) is 3. The van der Waals surface area contributed by atoms with Crippen LogP contribution in [0.25, 0.3) is 6.08 Å². The van der Waals surface area contributed by atoms with Crippen molar-refractivity contribution in [2.75, 3.05) is 13.4 Å². The average Bonchev–Trinajstić information content (AvgIpc) is 3.42. The molecule has 3 aromatic rings. The Morgan fingerprint density at radius 1 is 1.29 bits per heavy atom. The number of carbonyl (C=O) groups is 1. The van der Waals surface area contributed by atoms with Crippen LogP contribution in [0.5, 0.6) is 11.5 Å². The zero-order valence-electron chi connectivity index (χ0n) is 18.7. The molecular weight excluding hydrogens is 474 g/mol. The van der Waals surface area contributed by atoms with Gasteiger partial charge < -0.3 is 14.2 Å². The van der Waals surface area contributed by atoms with Gasteiger partial charge in [-0.3, -0.25) is 19.5 Å². The van der Waals surface area contributed by atoms with Crippen molar-refractivity contribution in [3.05, 3.63) is 94.7 Å². The molecule has 1 unspecified atom stereocenters. The molecular formula is C24H19N3O7S. The summed E-state index contributed by atoms with van der Waals surface area (Å²) in [5.41, 5.74) is 1.16. The summed E-state index contributed by atoms with van der Waals surface area (Å²) in [4.78, 5) is 42.3. The first-order valence-electron chi connectivity index (χ1n) is 10.7. The molecule has 0 radical (unpaired) electrons. The van der Waals surface area contributed by atoms with Crippen LogP contribution in [0.1, 0.15) is 31.0 Å². The van der Waals surface area contributed by atoms with E-state index in [9.17, 15) is 19.7 Å². The van der Waals surface area contributed by atoms with Crippen LogP contribution >= 0.6 is 11.3 Å². The fraction of sp³-hybridized carbons (Fsp3) is 0.208. The van der Waals surface area contributed by atoms with Gasteiger partial charge in [0.2, 0.25) is 6.79 Å². The van der Waals surface area contributed by atoms with Crippen molar-refractivity contribution in [2.45, 2.75) is 19.9 Å². The van der Waals surface area contributed by atoms with Gasteiger partial charge in [-0.15, -0.1) is 0 Å².